The number of urea groups is 1. The third kappa shape index (κ3) is 6.69. The van der Waals surface area contributed by atoms with Crippen LogP contribution in [0.5, 0.6) is 0 Å². The SMILES string of the molecule is O=C(C=C1CCN(c2cccc([N+](=O)O)c2)CC1)NNC(=O)Nc1cccc(C(F)(F)F)c1. The van der Waals surface area contributed by atoms with E-state index in [1.165, 1.54) is 18.2 Å². The number of hydrogen-bond acceptors (Lipinski definition) is 4. The number of carbonyl (C=O) groups excluding carboxylic acids is 2. The molecule has 0 atom stereocenters. The van der Waals surface area contributed by atoms with Gasteiger partial charge in [-0.25, -0.2) is 15.4 Å². The van der Waals surface area contributed by atoms with Crippen LogP contribution < -0.4 is 21.1 Å². The summed E-state index contributed by atoms with van der Waals surface area (Å²) in [5.41, 5.74) is 4.99. The van der Waals surface area contributed by atoms with Gasteiger partial charge in [-0.05, 0) is 37.1 Å². The van der Waals surface area contributed by atoms with Crippen LogP contribution in [0.25, 0.3) is 0 Å². The van der Waals surface area contributed by atoms with Gasteiger partial charge in [0.05, 0.1) is 10.5 Å². The monoisotopic (exact) mass is 464 g/mol. The highest BCUT2D eigenvalue weighted by atomic mass is 19.4. The van der Waals surface area contributed by atoms with Gasteiger partial charge < -0.3 is 10.2 Å². The zero-order valence-corrected chi connectivity index (χ0v) is 17.2. The Hall–Kier alpha value is -4.09. The second-order valence-corrected chi connectivity index (χ2v) is 7.23. The van der Waals surface area contributed by atoms with Crippen LogP contribution in [0, 0.1) is 4.91 Å². The smallest absolute Gasteiger partial charge is 0.371 e. The number of nitrogens with one attached hydrogen (secondary N) is 3. The Bertz CT molecular complexity index is 1080. The number of amides is 3. The fraction of sp³-hybridized carbons (Fsp3) is 0.238. The van der Waals surface area contributed by atoms with Crippen molar-refractivity contribution < 1.29 is 32.9 Å². The van der Waals surface area contributed by atoms with E-state index in [0.29, 0.717) is 25.9 Å². The summed E-state index contributed by atoms with van der Waals surface area (Å²) < 4.78 is 38.2. The van der Waals surface area contributed by atoms with Crippen molar-refractivity contribution >= 4 is 29.0 Å². The maximum atomic E-state index is 12.7. The number of halogens is 3. The largest absolute Gasteiger partial charge is 0.416 e. The van der Waals surface area contributed by atoms with E-state index >= 15 is 0 Å². The van der Waals surface area contributed by atoms with E-state index in [2.05, 4.69) is 16.2 Å². The van der Waals surface area contributed by atoms with Gasteiger partial charge in [0.1, 0.15) is 0 Å². The molecule has 174 valence electrons. The summed E-state index contributed by atoms with van der Waals surface area (Å²) in [4.78, 5) is 36.8. The van der Waals surface area contributed by atoms with Crippen LogP contribution in [0.4, 0.5) is 35.0 Å². The first-order valence-electron chi connectivity index (χ1n) is 9.86. The molecule has 9 nitrogen and oxygen atoms in total. The minimum Gasteiger partial charge on any atom is -0.371 e. The summed E-state index contributed by atoms with van der Waals surface area (Å²) in [6.45, 7) is 1.16. The molecule has 0 unspecified atom stereocenters. The van der Waals surface area contributed by atoms with E-state index in [0.717, 1.165) is 29.5 Å². The van der Waals surface area contributed by atoms with Crippen LogP contribution in [0.1, 0.15) is 18.4 Å². The fourth-order valence-corrected chi connectivity index (χ4v) is 3.28. The zero-order valence-electron chi connectivity index (χ0n) is 17.2. The molecule has 3 amide bonds. The second kappa shape index (κ2) is 10.0. The highest BCUT2D eigenvalue weighted by molar-refractivity contribution is 5.93. The minimum absolute atomic E-state index is 0.0762. The molecule has 0 radical (unpaired) electrons. The molecule has 3 rings (SSSR count). The number of benzene rings is 2. The summed E-state index contributed by atoms with van der Waals surface area (Å²) in [6, 6.07) is 9.70. The Balaban J connectivity index is 1.47. The number of alkyl halides is 3. The Morgan fingerprint density at radius 1 is 1.03 bits per heavy atom. The van der Waals surface area contributed by atoms with Crippen molar-refractivity contribution in [2.45, 2.75) is 19.0 Å². The molecule has 2 aromatic carbocycles. The highest BCUT2D eigenvalue weighted by Crippen LogP contribution is 2.30. The molecule has 12 heteroatoms. The predicted octanol–water partition coefficient (Wildman–Crippen LogP) is 3.88. The average Bonchev–Trinajstić information content (AvgIpc) is 2.78. The number of hydrogen-bond donors (Lipinski definition) is 4. The molecule has 4 N–H and O–H groups in total. The first kappa shape index (κ1) is 23.6. The Kier molecular flexibility index (Phi) is 7.16. The maximum absolute atomic E-state index is 12.7. The molecule has 0 bridgehead atoms. The number of piperidine rings is 1. The molecule has 1 heterocycles. The van der Waals surface area contributed by atoms with Gasteiger partial charge in [0.2, 0.25) is 0 Å². The third-order valence-electron chi connectivity index (χ3n) is 4.90. The number of rotatable bonds is 4. The quantitative estimate of drug-likeness (QED) is 0.405. The lowest BCUT2D eigenvalue weighted by atomic mass is 10.0. The van der Waals surface area contributed by atoms with Gasteiger partial charge in [-0.2, -0.15) is 13.2 Å². The van der Waals surface area contributed by atoms with Crippen molar-refractivity contribution in [2.75, 3.05) is 23.3 Å². The number of nitrogens with zero attached hydrogens (tertiary/aromatic N) is 2. The van der Waals surface area contributed by atoms with Gasteiger partial charge in [-0.15, -0.1) is 0 Å². The van der Waals surface area contributed by atoms with Crippen LogP contribution in [-0.4, -0.2) is 35.2 Å². The van der Waals surface area contributed by atoms with Crippen molar-refractivity contribution in [1.29, 1.82) is 0 Å². The van der Waals surface area contributed by atoms with Gasteiger partial charge in [0, 0.05) is 42.7 Å². The lowest BCUT2D eigenvalue weighted by Gasteiger charge is -2.30. The zero-order chi connectivity index (χ0) is 24.0. The third-order valence-corrected chi connectivity index (χ3v) is 4.90. The summed E-state index contributed by atoms with van der Waals surface area (Å²) in [6.07, 6.45) is -2.06. The summed E-state index contributed by atoms with van der Waals surface area (Å²) in [5, 5.41) is 11.2. The molecule has 2 aromatic rings. The summed E-state index contributed by atoms with van der Waals surface area (Å²) >= 11 is 0. The van der Waals surface area contributed by atoms with Crippen LogP contribution in [0.2, 0.25) is 0 Å². The van der Waals surface area contributed by atoms with E-state index < -0.39 is 23.7 Å². The maximum Gasteiger partial charge on any atom is 0.416 e. The van der Waals surface area contributed by atoms with E-state index in [1.54, 1.807) is 18.2 Å². The van der Waals surface area contributed by atoms with E-state index in [4.69, 9.17) is 5.21 Å². The van der Waals surface area contributed by atoms with Crippen LogP contribution >= 0.6 is 0 Å². The van der Waals surface area contributed by atoms with E-state index in [9.17, 15) is 27.7 Å². The Morgan fingerprint density at radius 2 is 1.73 bits per heavy atom. The summed E-state index contributed by atoms with van der Waals surface area (Å²) in [5.74, 6) is -0.582. The highest BCUT2D eigenvalue weighted by Gasteiger charge is 2.30. The minimum atomic E-state index is -4.54. The first-order chi connectivity index (χ1) is 15.6. The second-order valence-electron chi connectivity index (χ2n) is 7.23. The van der Waals surface area contributed by atoms with Crippen LogP contribution in [0.15, 0.2) is 60.2 Å². The molecule has 0 spiro atoms. The number of anilines is 2. The normalized spacial score (nSPS) is 13.8. The molecular formula is C21H21F3N5O4+. The predicted molar refractivity (Wildman–Crippen MR) is 113 cm³/mol. The van der Waals surface area contributed by atoms with Crippen molar-refractivity contribution in [2.24, 2.45) is 0 Å². The van der Waals surface area contributed by atoms with Gasteiger partial charge in [-0.1, -0.05) is 17.7 Å². The Labute approximate surface area is 186 Å². The lowest BCUT2D eigenvalue weighted by molar-refractivity contribution is -0.729. The van der Waals surface area contributed by atoms with E-state index in [-0.39, 0.29) is 16.3 Å². The molecule has 1 aliphatic rings. The molecule has 0 aliphatic carbocycles. The average molecular weight is 464 g/mol. The van der Waals surface area contributed by atoms with Gasteiger partial charge in [-0.3, -0.25) is 10.2 Å². The standard InChI is InChI=1S/C21H20F3N5O4/c22-21(23,24)15-3-1-4-16(12-15)25-20(31)27-26-19(30)11-14-7-9-28(10-8-14)17-5-2-6-18(13-17)29(32)33/h1-6,11-13H,7-10H2,(H3-,25,26,27,30,31,32,33)/p+1. The molecule has 0 saturated carbocycles. The van der Waals surface area contributed by atoms with Crippen LogP contribution in [0.3, 0.4) is 0 Å². The Morgan fingerprint density at radius 3 is 2.39 bits per heavy atom. The van der Waals surface area contributed by atoms with Crippen molar-refractivity contribution in [3.8, 4) is 0 Å². The lowest BCUT2D eigenvalue weighted by Crippen LogP contribution is -2.43. The summed E-state index contributed by atoms with van der Waals surface area (Å²) in [7, 11) is 0. The topological polar surface area (TPSA) is 114 Å². The van der Waals surface area contributed by atoms with E-state index in [1.807, 2.05) is 4.90 Å². The van der Waals surface area contributed by atoms with Gasteiger partial charge in [0.15, 0.2) is 0 Å². The van der Waals surface area contributed by atoms with Crippen molar-refractivity contribution in [3.63, 3.8) is 0 Å². The van der Waals surface area contributed by atoms with Crippen LogP contribution in [-0.2, 0) is 11.0 Å². The van der Waals surface area contributed by atoms with Crippen molar-refractivity contribution in [1.82, 2.24) is 10.9 Å². The molecule has 1 fully saturated rings. The van der Waals surface area contributed by atoms with Gasteiger partial charge >= 0.3 is 17.9 Å². The number of hydrazine groups is 1. The fourth-order valence-electron chi connectivity index (χ4n) is 3.28. The number of carbonyl (C=O) groups is 2. The molecule has 0 aromatic heterocycles. The molecule has 1 aliphatic heterocycles. The molecular weight excluding hydrogens is 443 g/mol. The molecule has 33 heavy (non-hydrogen) atoms. The van der Waals surface area contributed by atoms with Crippen molar-refractivity contribution in [3.05, 3.63) is 70.7 Å². The van der Waals surface area contributed by atoms with Gasteiger partial charge in [0.25, 0.3) is 10.8 Å². The molecule has 1 saturated heterocycles. The first-order valence-corrected chi connectivity index (χ1v) is 9.86.